The molecule has 1 aromatic heterocycles. The zero-order valence-corrected chi connectivity index (χ0v) is 10.8. The average Bonchev–Trinajstić information content (AvgIpc) is 3.03. The summed E-state index contributed by atoms with van der Waals surface area (Å²) in [5, 5.41) is 1.09. The van der Waals surface area contributed by atoms with Crippen LogP contribution < -0.4 is 0 Å². The minimum atomic E-state index is -0.00994. The molecule has 0 unspecified atom stereocenters. The minimum Gasteiger partial charge on any atom is -0.453 e. The molecule has 0 saturated carbocycles. The highest BCUT2D eigenvalue weighted by molar-refractivity contribution is 6.07. The number of Topliss-reactive ketones (excluding diaryl/α,β-unsaturated/α-hetero) is 1. The number of ketones is 1. The number of carbonyl (C=O) groups is 1. The zero-order chi connectivity index (χ0) is 13.3. The van der Waals surface area contributed by atoms with Gasteiger partial charge in [-0.1, -0.05) is 42.5 Å². The van der Waals surface area contributed by atoms with Gasteiger partial charge in [0.15, 0.2) is 5.76 Å². The van der Waals surface area contributed by atoms with Crippen LogP contribution in [0, 0.1) is 0 Å². The first kappa shape index (κ1) is 10.4. The van der Waals surface area contributed by atoms with Crippen molar-refractivity contribution in [2.75, 3.05) is 0 Å². The third kappa shape index (κ3) is 1.08. The molecule has 20 heavy (non-hydrogen) atoms. The van der Waals surface area contributed by atoms with Gasteiger partial charge in [-0.15, -0.1) is 0 Å². The van der Waals surface area contributed by atoms with E-state index in [0.29, 0.717) is 11.7 Å². The van der Waals surface area contributed by atoms with Crippen molar-refractivity contribution in [1.82, 2.24) is 0 Å². The van der Waals surface area contributed by atoms with Crippen LogP contribution in [0.5, 0.6) is 0 Å². The number of benzene rings is 2. The molecule has 2 aromatic carbocycles. The van der Waals surface area contributed by atoms with Crippen molar-refractivity contribution >= 4 is 16.8 Å². The maximum Gasteiger partial charge on any atom is 0.205 e. The van der Waals surface area contributed by atoms with Crippen LogP contribution in [0.4, 0.5) is 0 Å². The van der Waals surface area contributed by atoms with Crippen molar-refractivity contribution in [2.45, 2.75) is 18.3 Å². The fraction of sp³-hybridized carbons (Fsp3) is 0.167. The van der Waals surface area contributed by atoms with Crippen molar-refractivity contribution in [3.05, 3.63) is 71.0 Å². The Balaban J connectivity index is 1.90. The SMILES string of the molecule is O=C1c2oc3ccccc3c2[C@@H]2C[C@H]1c1ccccc12. The summed E-state index contributed by atoms with van der Waals surface area (Å²) in [5.41, 5.74) is 4.43. The third-order valence-corrected chi connectivity index (χ3v) is 4.74. The van der Waals surface area contributed by atoms with E-state index in [1.807, 2.05) is 24.3 Å². The van der Waals surface area contributed by atoms with Gasteiger partial charge in [0.05, 0.1) is 5.92 Å². The highest BCUT2D eigenvalue weighted by Gasteiger charge is 2.45. The number of hydrogen-bond donors (Lipinski definition) is 0. The molecule has 0 N–H and O–H groups in total. The van der Waals surface area contributed by atoms with Crippen molar-refractivity contribution in [3.63, 3.8) is 0 Å². The standard InChI is InChI=1S/C18H12O2/c19-17-14-9-13(10-5-1-2-6-11(10)14)16-12-7-3-4-8-15(12)20-18(16)17/h1-8,13-14H,9H2/t13-,14+/m1/s1. The predicted octanol–water partition coefficient (Wildman–Crippen LogP) is 4.25. The number of fused-ring (bicyclic) bond motifs is 9. The molecule has 5 rings (SSSR count). The topological polar surface area (TPSA) is 30.2 Å². The zero-order valence-electron chi connectivity index (χ0n) is 10.8. The molecule has 2 aliphatic rings. The Kier molecular flexibility index (Phi) is 1.77. The Bertz CT molecular complexity index is 872. The van der Waals surface area contributed by atoms with Gasteiger partial charge in [-0.3, -0.25) is 4.79 Å². The second kappa shape index (κ2) is 3.40. The summed E-state index contributed by atoms with van der Waals surface area (Å²) in [5.74, 6) is 1.04. The molecule has 0 aliphatic heterocycles. The van der Waals surface area contributed by atoms with Crippen molar-refractivity contribution < 1.29 is 9.21 Å². The average molecular weight is 260 g/mol. The van der Waals surface area contributed by atoms with E-state index in [9.17, 15) is 4.79 Å². The number of carbonyl (C=O) groups excluding carboxylic acids is 1. The summed E-state index contributed by atoms with van der Waals surface area (Å²) in [6.45, 7) is 0. The summed E-state index contributed by atoms with van der Waals surface area (Å²) in [4.78, 5) is 12.7. The van der Waals surface area contributed by atoms with E-state index in [-0.39, 0.29) is 11.7 Å². The number of rotatable bonds is 0. The second-order valence-corrected chi connectivity index (χ2v) is 5.68. The van der Waals surface area contributed by atoms with Gasteiger partial charge in [0, 0.05) is 16.9 Å². The van der Waals surface area contributed by atoms with E-state index in [0.717, 1.165) is 23.0 Å². The Morgan fingerprint density at radius 1 is 0.900 bits per heavy atom. The van der Waals surface area contributed by atoms with Crippen LogP contribution in [-0.4, -0.2) is 5.78 Å². The maximum absolute atomic E-state index is 12.7. The lowest BCUT2D eigenvalue weighted by Crippen LogP contribution is -2.16. The van der Waals surface area contributed by atoms with E-state index in [2.05, 4.69) is 24.3 Å². The third-order valence-electron chi connectivity index (χ3n) is 4.74. The second-order valence-electron chi connectivity index (χ2n) is 5.68. The Labute approximate surface area is 116 Å². The van der Waals surface area contributed by atoms with Gasteiger partial charge in [0.25, 0.3) is 0 Å². The Hall–Kier alpha value is -2.35. The molecular weight excluding hydrogens is 248 g/mol. The van der Waals surface area contributed by atoms with Crippen molar-refractivity contribution in [2.24, 2.45) is 0 Å². The highest BCUT2D eigenvalue weighted by atomic mass is 16.3. The van der Waals surface area contributed by atoms with Crippen LogP contribution in [0.25, 0.3) is 11.0 Å². The largest absolute Gasteiger partial charge is 0.453 e. The molecule has 0 spiro atoms. The van der Waals surface area contributed by atoms with E-state index < -0.39 is 0 Å². The molecule has 2 nitrogen and oxygen atoms in total. The summed E-state index contributed by atoms with van der Waals surface area (Å²) in [6, 6.07) is 16.3. The maximum atomic E-state index is 12.7. The van der Waals surface area contributed by atoms with E-state index in [1.54, 1.807) is 0 Å². The van der Waals surface area contributed by atoms with Crippen LogP contribution in [0.1, 0.15) is 45.5 Å². The number of furan rings is 1. The molecular formula is C18H12O2. The van der Waals surface area contributed by atoms with Gasteiger partial charge < -0.3 is 4.42 Å². The lowest BCUT2D eigenvalue weighted by molar-refractivity contribution is 0.0922. The molecule has 0 fully saturated rings. The molecule has 2 atom stereocenters. The monoisotopic (exact) mass is 260 g/mol. The Morgan fingerprint density at radius 2 is 1.60 bits per heavy atom. The normalized spacial score (nSPS) is 22.9. The molecule has 3 aromatic rings. The fourth-order valence-corrected chi connectivity index (χ4v) is 3.91. The smallest absolute Gasteiger partial charge is 0.205 e. The van der Waals surface area contributed by atoms with E-state index in [1.165, 1.54) is 11.1 Å². The Morgan fingerprint density at radius 3 is 2.45 bits per heavy atom. The van der Waals surface area contributed by atoms with Crippen molar-refractivity contribution in [3.8, 4) is 0 Å². The van der Waals surface area contributed by atoms with Gasteiger partial charge in [-0.05, 0) is 23.6 Å². The number of para-hydroxylation sites is 1. The van der Waals surface area contributed by atoms with Crippen LogP contribution in [0.2, 0.25) is 0 Å². The van der Waals surface area contributed by atoms with Crippen LogP contribution in [-0.2, 0) is 0 Å². The molecule has 0 saturated heterocycles. The highest BCUT2D eigenvalue weighted by Crippen LogP contribution is 2.53. The first-order valence-electron chi connectivity index (χ1n) is 6.99. The number of hydrogen-bond acceptors (Lipinski definition) is 2. The summed E-state index contributed by atoms with van der Waals surface area (Å²) in [7, 11) is 0. The van der Waals surface area contributed by atoms with Gasteiger partial charge in [0.1, 0.15) is 5.58 Å². The van der Waals surface area contributed by atoms with E-state index >= 15 is 0 Å². The molecule has 2 heteroatoms. The van der Waals surface area contributed by atoms with Crippen molar-refractivity contribution in [1.29, 1.82) is 0 Å². The molecule has 96 valence electrons. The van der Waals surface area contributed by atoms with Crippen LogP contribution in [0.15, 0.2) is 52.9 Å². The van der Waals surface area contributed by atoms with E-state index in [4.69, 9.17) is 4.42 Å². The molecule has 2 aliphatic carbocycles. The summed E-state index contributed by atoms with van der Waals surface area (Å²) < 4.78 is 5.87. The lowest BCUT2D eigenvalue weighted by atomic mass is 9.83. The first-order valence-corrected chi connectivity index (χ1v) is 6.99. The predicted molar refractivity (Wildman–Crippen MR) is 76.2 cm³/mol. The summed E-state index contributed by atoms with van der Waals surface area (Å²) in [6.07, 6.45) is 0.898. The van der Waals surface area contributed by atoms with Crippen LogP contribution in [0.3, 0.4) is 0 Å². The molecule has 0 radical (unpaired) electrons. The molecule has 1 heterocycles. The first-order chi connectivity index (χ1) is 9.84. The van der Waals surface area contributed by atoms with Gasteiger partial charge >= 0.3 is 0 Å². The molecule has 0 amide bonds. The van der Waals surface area contributed by atoms with Crippen LogP contribution >= 0.6 is 0 Å². The molecule has 2 bridgehead atoms. The van der Waals surface area contributed by atoms with Gasteiger partial charge in [-0.25, -0.2) is 0 Å². The lowest BCUT2D eigenvalue weighted by Gasteiger charge is -2.17. The summed E-state index contributed by atoms with van der Waals surface area (Å²) >= 11 is 0. The van der Waals surface area contributed by atoms with Gasteiger partial charge in [0.2, 0.25) is 5.78 Å². The fourth-order valence-electron chi connectivity index (χ4n) is 3.91. The minimum absolute atomic E-state index is 0.00994. The van der Waals surface area contributed by atoms with Gasteiger partial charge in [-0.2, -0.15) is 0 Å². The quantitative estimate of drug-likeness (QED) is 0.605.